The Bertz CT molecular complexity index is 1870. The molecule has 0 heterocycles. The molecular formula is C33H36N2O8S2. The Kier molecular flexibility index (Phi) is 9.59. The lowest BCUT2D eigenvalue weighted by atomic mass is 10.2. The molecule has 4 rings (SSSR count). The number of benzene rings is 4. The Labute approximate surface area is 264 Å². The van der Waals surface area contributed by atoms with Gasteiger partial charge in [-0.1, -0.05) is 0 Å². The highest BCUT2D eigenvalue weighted by molar-refractivity contribution is 7.92. The van der Waals surface area contributed by atoms with E-state index in [1.54, 1.807) is 70.3 Å². The van der Waals surface area contributed by atoms with Crippen LogP contribution in [0.3, 0.4) is 0 Å². The second-order valence-electron chi connectivity index (χ2n) is 11.9. The molecule has 0 spiro atoms. The van der Waals surface area contributed by atoms with Gasteiger partial charge in [-0.25, -0.2) is 8.42 Å². The SMILES string of the molecule is COc1cc(N=Nc2ccc(OS(=O)(=O)c3ccc(Oc4ccc(S(=O)(=O)C(C)(C)C)cc4)cc3)cc2)ccc1OC(C)(C)C. The smallest absolute Gasteiger partial charge is 0.339 e. The number of nitrogens with zero attached hydrogens (tertiary/aromatic N) is 2. The van der Waals surface area contributed by atoms with Gasteiger partial charge in [0, 0.05) is 6.07 Å². The zero-order valence-electron chi connectivity index (χ0n) is 26.1. The molecule has 10 nitrogen and oxygen atoms in total. The van der Waals surface area contributed by atoms with E-state index < -0.39 is 24.7 Å². The summed E-state index contributed by atoms with van der Waals surface area (Å²) in [7, 11) is -6.08. The predicted octanol–water partition coefficient (Wildman–Crippen LogP) is 8.42. The number of methoxy groups -OCH3 is 1. The number of hydrogen-bond donors (Lipinski definition) is 0. The summed E-state index contributed by atoms with van der Waals surface area (Å²) >= 11 is 0. The van der Waals surface area contributed by atoms with Crippen LogP contribution in [0, 0.1) is 0 Å². The summed E-state index contributed by atoms with van der Waals surface area (Å²) in [5, 5.41) is 8.43. The molecule has 0 unspecified atom stereocenters. The summed E-state index contributed by atoms with van der Waals surface area (Å²) in [4.78, 5) is 0.118. The Hall–Kier alpha value is -4.42. The number of hydrogen-bond acceptors (Lipinski definition) is 10. The van der Waals surface area contributed by atoms with Crippen LogP contribution in [0.2, 0.25) is 0 Å². The van der Waals surface area contributed by atoms with Gasteiger partial charge in [-0.15, -0.1) is 0 Å². The van der Waals surface area contributed by atoms with Crippen molar-refractivity contribution in [2.45, 2.75) is 61.7 Å². The standard InChI is InChI=1S/C33H36N2O8S2/c1-32(2,3)42-30-21-10-24(22-31(30)40-7)35-34-23-8-11-27(12-9-23)43-45(38,39)29-19-15-26(16-20-29)41-25-13-17-28(18-14-25)44(36,37)33(4,5)6/h8-22H,1-7H3. The molecule has 0 aliphatic rings. The van der Waals surface area contributed by atoms with E-state index in [4.69, 9.17) is 18.4 Å². The zero-order valence-corrected chi connectivity index (χ0v) is 27.8. The maximum Gasteiger partial charge on any atom is 0.339 e. The highest BCUT2D eigenvalue weighted by Gasteiger charge is 2.30. The first-order chi connectivity index (χ1) is 21.0. The monoisotopic (exact) mass is 652 g/mol. The van der Waals surface area contributed by atoms with Crippen LogP contribution in [-0.4, -0.2) is 34.3 Å². The molecule has 0 aromatic heterocycles. The van der Waals surface area contributed by atoms with Crippen molar-refractivity contribution in [2.75, 3.05) is 7.11 Å². The molecule has 0 aliphatic carbocycles. The Morgan fingerprint density at radius 1 is 0.578 bits per heavy atom. The molecular weight excluding hydrogens is 617 g/mol. The molecule has 0 saturated heterocycles. The third kappa shape index (κ3) is 8.61. The summed E-state index contributed by atoms with van der Waals surface area (Å²) in [6.07, 6.45) is 0. The summed E-state index contributed by atoms with van der Waals surface area (Å²) in [5.41, 5.74) is 0.648. The first kappa shape index (κ1) is 33.5. The molecule has 0 saturated carbocycles. The highest BCUT2D eigenvalue weighted by Crippen LogP contribution is 2.35. The van der Waals surface area contributed by atoms with Crippen LogP contribution < -0.4 is 18.4 Å². The van der Waals surface area contributed by atoms with E-state index in [-0.39, 0.29) is 21.1 Å². The molecule has 0 bridgehead atoms. The second kappa shape index (κ2) is 12.9. The van der Waals surface area contributed by atoms with E-state index >= 15 is 0 Å². The van der Waals surface area contributed by atoms with Gasteiger partial charge < -0.3 is 18.4 Å². The third-order valence-electron chi connectivity index (χ3n) is 6.18. The van der Waals surface area contributed by atoms with E-state index in [2.05, 4.69) is 10.2 Å². The van der Waals surface area contributed by atoms with Crippen LogP contribution in [0.4, 0.5) is 11.4 Å². The molecule has 12 heteroatoms. The molecule has 4 aromatic rings. The maximum atomic E-state index is 12.9. The van der Waals surface area contributed by atoms with Gasteiger partial charge in [0.2, 0.25) is 0 Å². The van der Waals surface area contributed by atoms with Gasteiger partial charge in [-0.3, -0.25) is 0 Å². The fourth-order valence-corrected chi connectivity index (χ4v) is 5.97. The fraction of sp³-hybridized carbons (Fsp3) is 0.273. The van der Waals surface area contributed by atoms with E-state index in [1.165, 1.54) is 48.5 Å². The average molecular weight is 653 g/mol. The van der Waals surface area contributed by atoms with Gasteiger partial charge >= 0.3 is 10.1 Å². The molecule has 0 N–H and O–H groups in total. The van der Waals surface area contributed by atoms with Crippen molar-refractivity contribution in [3.05, 3.63) is 91.0 Å². The van der Waals surface area contributed by atoms with Gasteiger partial charge in [-0.05, 0) is 126 Å². The molecule has 45 heavy (non-hydrogen) atoms. The molecule has 0 atom stereocenters. The largest absolute Gasteiger partial charge is 0.493 e. The lowest BCUT2D eigenvalue weighted by Gasteiger charge is -2.22. The number of ether oxygens (including phenoxy) is 3. The minimum atomic E-state index is -4.13. The van der Waals surface area contributed by atoms with Gasteiger partial charge in [0.1, 0.15) is 27.7 Å². The summed E-state index contributed by atoms with van der Waals surface area (Å²) in [5.74, 6) is 1.99. The van der Waals surface area contributed by atoms with Crippen LogP contribution >= 0.6 is 0 Å². The van der Waals surface area contributed by atoms with Gasteiger partial charge in [0.15, 0.2) is 21.3 Å². The maximum absolute atomic E-state index is 12.9. The van der Waals surface area contributed by atoms with Gasteiger partial charge in [0.05, 0.1) is 28.1 Å². The first-order valence-electron chi connectivity index (χ1n) is 13.9. The quantitative estimate of drug-likeness (QED) is 0.123. The Morgan fingerprint density at radius 3 is 1.58 bits per heavy atom. The topological polar surface area (TPSA) is 130 Å². The summed E-state index contributed by atoms with van der Waals surface area (Å²) in [6, 6.07) is 23.1. The summed E-state index contributed by atoms with van der Waals surface area (Å²) in [6.45, 7) is 10.7. The van der Waals surface area contributed by atoms with Crippen molar-refractivity contribution in [2.24, 2.45) is 10.2 Å². The lowest BCUT2D eigenvalue weighted by molar-refractivity contribution is 0.125. The molecule has 0 fully saturated rings. The van der Waals surface area contributed by atoms with Crippen molar-refractivity contribution >= 4 is 31.3 Å². The van der Waals surface area contributed by atoms with Crippen LogP contribution in [0.15, 0.2) is 111 Å². The molecule has 0 radical (unpaired) electrons. The Morgan fingerprint density at radius 2 is 1.07 bits per heavy atom. The minimum Gasteiger partial charge on any atom is -0.493 e. The molecule has 238 valence electrons. The molecule has 4 aromatic carbocycles. The van der Waals surface area contributed by atoms with Crippen LogP contribution in [0.1, 0.15) is 41.5 Å². The van der Waals surface area contributed by atoms with E-state index in [9.17, 15) is 16.8 Å². The number of rotatable bonds is 10. The summed E-state index contributed by atoms with van der Waals surface area (Å²) < 4.78 is 72.4. The number of sulfone groups is 1. The predicted molar refractivity (Wildman–Crippen MR) is 172 cm³/mol. The van der Waals surface area contributed by atoms with Gasteiger partial charge in [0.25, 0.3) is 0 Å². The van der Waals surface area contributed by atoms with Crippen molar-refractivity contribution in [1.29, 1.82) is 0 Å². The Balaban J connectivity index is 1.38. The molecule has 0 aliphatic heterocycles. The van der Waals surface area contributed by atoms with Crippen molar-refractivity contribution < 1.29 is 35.2 Å². The number of azo groups is 1. The average Bonchev–Trinajstić information content (AvgIpc) is 2.96. The van der Waals surface area contributed by atoms with Crippen molar-refractivity contribution in [1.82, 2.24) is 0 Å². The molecule has 0 amide bonds. The highest BCUT2D eigenvalue weighted by atomic mass is 32.2. The van der Waals surface area contributed by atoms with Crippen LogP contribution in [0.5, 0.6) is 28.7 Å². The van der Waals surface area contributed by atoms with Crippen LogP contribution in [0.25, 0.3) is 0 Å². The van der Waals surface area contributed by atoms with E-state index in [0.717, 1.165) is 0 Å². The van der Waals surface area contributed by atoms with E-state index in [0.29, 0.717) is 34.4 Å². The minimum absolute atomic E-state index is 0.0712. The fourth-order valence-electron chi connectivity index (χ4n) is 3.84. The lowest BCUT2D eigenvalue weighted by Crippen LogP contribution is -2.27. The van der Waals surface area contributed by atoms with Crippen molar-refractivity contribution in [3.63, 3.8) is 0 Å². The van der Waals surface area contributed by atoms with E-state index in [1.807, 2.05) is 20.8 Å². The zero-order chi connectivity index (χ0) is 33.0. The normalized spacial score (nSPS) is 12.6. The van der Waals surface area contributed by atoms with Crippen molar-refractivity contribution in [3.8, 4) is 28.7 Å². The second-order valence-corrected chi connectivity index (χ2v) is 16.2. The first-order valence-corrected chi connectivity index (χ1v) is 16.8. The third-order valence-corrected chi connectivity index (χ3v) is 9.94. The van der Waals surface area contributed by atoms with Crippen LogP contribution in [-0.2, 0) is 20.0 Å². The van der Waals surface area contributed by atoms with Gasteiger partial charge in [-0.2, -0.15) is 18.6 Å².